The van der Waals surface area contributed by atoms with E-state index < -0.39 is 15.1 Å². The molecule has 1 aliphatic rings. The lowest BCUT2D eigenvalue weighted by Gasteiger charge is -2.32. The first-order chi connectivity index (χ1) is 15.4. The lowest BCUT2D eigenvalue weighted by Crippen LogP contribution is -2.44. The molecule has 1 N–H and O–H groups in total. The van der Waals surface area contributed by atoms with Gasteiger partial charge in [-0.25, -0.2) is 13.2 Å². The van der Waals surface area contributed by atoms with E-state index in [4.69, 9.17) is 4.42 Å². The second-order valence-electron chi connectivity index (χ2n) is 8.13. The van der Waals surface area contributed by atoms with Crippen LogP contribution in [0.25, 0.3) is 11.3 Å². The zero-order valence-electron chi connectivity index (χ0n) is 18.4. The van der Waals surface area contributed by atoms with Crippen LogP contribution in [0.3, 0.4) is 0 Å². The Morgan fingerprint density at radius 2 is 1.78 bits per heavy atom. The van der Waals surface area contributed by atoms with E-state index in [2.05, 4.69) is 12.2 Å². The number of nitrogens with one attached hydrogen (secondary N) is 1. The van der Waals surface area contributed by atoms with Crippen LogP contribution in [0.1, 0.15) is 30.9 Å². The van der Waals surface area contributed by atoms with Gasteiger partial charge < -0.3 is 14.6 Å². The number of amides is 2. The molecule has 0 aliphatic carbocycles. The maximum absolute atomic E-state index is 13.1. The first-order valence-corrected chi connectivity index (χ1v) is 12.5. The number of anilines is 1. The standard InChI is InChI=1S/C25H28N2O4S/c1-3-19-7-4-6-18(2)24(19)26-25(28)27-15-13-22(14-16-27)32(29,30)21-11-9-20(10-12-21)23-8-5-17-31-23/h4-12,17,22H,3,13-16H2,1-2H3,(H,26,28). The van der Waals surface area contributed by atoms with Crippen molar-refractivity contribution in [3.8, 4) is 11.3 Å². The molecule has 1 fully saturated rings. The summed E-state index contributed by atoms with van der Waals surface area (Å²) >= 11 is 0. The van der Waals surface area contributed by atoms with Crippen molar-refractivity contribution < 1.29 is 17.6 Å². The zero-order valence-corrected chi connectivity index (χ0v) is 19.2. The topological polar surface area (TPSA) is 79.6 Å². The fraction of sp³-hybridized carbons (Fsp3) is 0.320. The molecule has 2 heterocycles. The number of urea groups is 1. The van der Waals surface area contributed by atoms with Crippen molar-refractivity contribution in [2.45, 2.75) is 43.3 Å². The van der Waals surface area contributed by atoms with Crippen molar-refractivity contribution >= 4 is 21.6 Å². The molecule has 0 bridgehead atoms. The van der Waals surface area contributed by atoms with E-state index in [0.717, 1.165) is 28.8 Å². The predicted octanol–water partition coefficient (Wildman–Crippen LogP) is 5.29. The molecule has 0 atom stereocenters. The van der Waals surface area contributed by atoms with Crippen LogP contribution in [0.2, 0.25) is 0 Å². The molecule has 2 amide bonds. The van der Waals surface area contributed by atoms with Gasteiger partial charge in [0.25, 0.3) is 0 Å². The van der Waals surface area contributed by atoms with Crippen molar-refractivity contribution in [1.29, 1.82) is 0 Å². The van der Waals surface area contributed by atoms with Gasteiger partial charge in [-0.05, 0) is 73.7 Å². The third kappa shape index (κ3) is 4.43. The summed E-state index contributed by atoms with van der Waals surface area (Å²) < 4.78 is 31.6. The molecule has 1 aliphatic heterocycles. The van der Waals surface area contributed by atoms with E-state index in [9.17, 15) is 13.2 Å². The number of carbonyl (C=O) groups excluding carboxylic acids is 1. The Morgan fingerprint density at radius 3 is 2.41 bits per heavy atom. The number of para-hydroxylation sites is 1. The van der Waals surface area contributed by atoms with Gasteiger partial charge in [0.2, 0.25) is 0 Å². The second-order valence-corrected chi connectivity index (χ2v) is 10.4. The summed E-state index contributed by atoms with van der Waals surface area (Å²) in [5.41, 5.74) is 3.80. The number of carbonyl (C=O) groups is 1. The van der Waals surface area contributed by atoms with Crippen LogP contribution in [0.5, 0.6) is 0 Å². The molecule has 32 heavy (non-hydrogen) atoms. The van der Waals surface area contributed by atoms with Gasteiger partial charge in [-0.3, -0.25) is 0 Å². The number of sulfone groups is 1. The summed E-state index contributed by atoms with van der Waals surface area (Å²) in [6.45, 7) is 4.85. The number of nitrogens with zero attached hydrogens (tertiary/aromatic N) is 1. The van der Waals surface area contributed by atoms with Crippen LogP contribution in [0.15, 0.2) is 70.2 Å². The highest BCUT2D eigenvalue weighted by Gasteiger charge is 2.33. The summed E-state index contributed by atoms with van der Waals surface area (Å²) in [4.78, 5) is 14.8. The molecule has 6 nitrogen and oxygen atoms in total. The number of hydrogen-bond donors (Lipinski definition) is 1. The molecule has 168 valence electrons. The molecule has 4 rings (SSSR count). The number of likely N-dealkylation sites (tertiary alicyclic amines) is 1. The first-order valence-electron chi connectivity index (χ1n) is 10.9. The number of piperidine rings is 1. The van der Waals surface area contributed by atoms with E-state index >= 15 is 0 Å². The van der Waals surface area contributed by atoms with Crippen LogP contribution < -0.4 is 5.32 Å². The molecule has 0 unspecified atom stereocenters. The molecule has 0 saturated carbocycles. The number of rotatable bonds is 5. The summed E-state index contributed by atoms with van der Waals surface area (Å²) in [6.07, 6.45) is 3.26. The predicted molar refractivity (Wildman–Crippen MR) is 126 cm³/mol. The molecule has 0 radical (unpaired) electrons. The molecule has 1 aromatic heterocycles. The number of furan rings is 1. The van der Waals surface area contributed by atoms with E-state index in [0.29, 0.717) is 36.6 Å². The minimum absolute atomic E-state index is 0.173. The van der Waals surface area contributed by atoms with Gasteiger partial charge in [-0.15, -0.1) is 0 Å². The Hall–Kier alpha value is -3.06. The van der Waals surface area contributed by atoms with E-state index in [-0.39, 0.29) is 6.03 Å². The van der Waals surface area contributed by atoms with Crippen molar-refractivity contribution in [3.63, 3.8) is 0 Å². The molecule has 1 saturated heterocycles. The number of benzene rings is 2. The van der Waals surface area contributed by atoms with Crippen molar-refractivity contribution in [1.82, 2.24) is 4.90 Å². The summed E-state index contributed by atoms with van der Waals surface area (Å²) in [5, 5.41) is 2.54. The Bertz CT molecular complexity index is 1180. The number of hydrogen-bond acceptors (Lipinski definition) is 4. The SMILES string of the molecule is CCc1cccc(C)c1NC(=O)N1CCC(S(=O)(=O)c2ccc(-c3ccco3)cc2)CC1. The maximum Gasteiger partial charge on any atom is 0.321 e. The van der Waals surface area contributed by atoms with Gasteiger partial charge in [0.15, 0.2) is 9.84 Å². The third-order valence-electron chi connectivity index (χ3n) is 6.13. The molecule has 3 aromatic rings. The smallest absolute Gasteiger partial charge is 0.321 e. The minimum Gasteiger partial charge on any atom is -0.464 e. The minimum atomic E-state index is -3.46. The van der Waals surface area contributed by atoms with Crippen molar-refractivity contribution in [2.75, 3.05) is 18.4 Å². The Kier molecular flexibility index (Phi) is 6.37. The van der Waals surface area contributed by atoms with Gasteiger partial charge in [-0.2, -0.15) is 0 Å². The van der Waals surface area contributed by atoms with Crippen LogP contribution in [0, 0.1) is 6.92 Å². The zero-order chi connectivity index (χ0) is 22.7. The molecule has 0 spiro atoms. The Balaban J connectivity index is 1.40. The summed E-state index contributed by atoms with van der Waals surface area (Å²) in [6, 6.07) is 16.2. The molecular weight excluding hydrogens is 424 g/mol. The van der Waals surface area contributed by atoms with Crippen LogP contribution >= 0.6 is 0 Å². The Morgan fingerprint density at radius 1 is 1.06 bits per heavy atom. The number of aryl methyl sites for hydroxylation is 2. The highest BCUT2D eigenvalue weighted by Crippen LogP contribution is 2.28. The van der Waals surface area contributed by atoms with Gasteiger partial charge >= 0.3 is 6.03 Å². The average molecular weight is 453 g/mol. The average Bonchev–Trinajstić information content (AvgIpc) is 3.35. The third-order valence-corrected chi connectivity index (χ3v) is 8.41. The maximum atomic E-state index is 13.1. The molecular formula is C25H28N2O4S. The van der Waals surface area contributed by atoms with Gasteiger partial charge in [0.1, 0.15) is 5.76 Å². The second kappa shape index (κ2) is 9.20. The lowest BCUT2D eigenvalue weighted by atomic mass is 10.1. The van der Waals surface area contributed by atoms with Crippen molar-refractivity contribution in [2.24, 2.45) is 0 Å². The first kappa shape index (κ1) is 22.1. The summed E-state index contributed by atoms with van der Waals surface area (Å²) in [7, 11) is -3.46. The Labute approximate surface area is 189 Å². The fourth-order valence-electron chi connectivity index (χ4n) is 4.20. The van der Waals surface area contributed by atoms with Crippen LogP contribution in [-0.2, 0) is 16.3 Å². The normalized spacial score (nSPS) is 15.0. The van der Waals surface area contributed by atoms with Gasteiger partial charge in [-0.1, -0.05) is 25.1 Å². The lowest BCUT2D eigenvalue weighted by molar-refractivity contribution is 0.200. The quantitative estimate of drug-likeness (QED) is 0.571. The largest absolute Gasteiger partial charge is 0.464 e. The van der Waals surface area contributed by atoms with E-state index in [1.54, 1.807) is 41.5 Å². The van der Waals surface area contributed by atoms with Crippen molar-refractivity contribution in [3.05, 3.63) is 72.0 Å². The fourth-order valence-corrected chi connectivity index (χ4v) is 5.93. The van der Waals surface area contributed by atoms with Crippen LogP contribution in [-0.4, -0.2) is 37.7 Å². The van der Waals surface area contributed by atoms with E-state index in [1.165, 1.54) is 0 Å². The van der Waals surface area contributed by atoms with Gasteiger partial charge in [0.05, 0.1) is 16.4 Å². The summed E-state index contributed by atoms with van der Waals surface area (Å²) in [5.74, 6) is 0.702. The highest BCUT2D eigenvalue weighted by atomic mass is 32.2. The highest BCUT2D eigenvalue weighted by molar-refractivity contribution is 7.92. The van der Waals surface area contributed by atoms with Crippen LogP contribution in [0.4, 0.5) is 10.5 Å². The van der Waals surface area contributed by atoms with Gasteiger partial charge in [0, 0.05) is 24.3 Å². The monoisotopic (exact) mass is 452 g/mol. The van der Waals surface area contributed by atoms with E-state index in [1.807, 2.05) is 31.2 Å². The molecule has 7 heteroatoms. The molecule has 2 aromatic carbocycles.